The SMILES string of the molecule is COc1ccccc1C1(CN=C(N)N2CCSCC2)CCC1. The summed E-state index contributed by atoms with van der Waals surface area (Å²) in [7, 11) is 1.74. The third kappa shape index (κ3) is 3.05. The maximum absolute atomic E-state index is 6.22. The molecule has 1 aliphatic heterocycles. The van der Waals surface area contributed by atoms with Crippen LogP contribution in [0.15, 0.2) is 29.3 Å². The molecule has 0 aromatic heterocycles. The highest BCUT2D eigenvalue weighted by molar-refractivity contribution is 7.99. The third-order valence-corrected chi connectivity index (χ3v) is 5.81. The second kappa shape index (κ2) is 6.82. The third-order valence-electron chi connectivity index (χ3n) is 4.87. The van der Waals surface area contributed by atoms with E-state index in [9.17, 15) is 0 Å². The van der Waals surface area contributed by atoms with Gasteiger partial charge in [0.25, 0.3) is 0 Å². The lowest BCUT2D eigenvalue weighted by Gasteiger charge is -2.42. The van der Waals surface area contributed by atoms with Gasteiger partial charge in [-0.2, -0.15) is 11.8 Å². The Balaban J connectivity index is 1.76. The van der Waals surface area contributed by atoms with Gasteiger partial charge in [0.1, 0.15) is 5.75 Å². The van der Waals surface area contributed by atoms with Crippen LogP contribution in [0.1, 0.15) is 24.8 Å². The van der Waals surface area contributed by atoms with Crippen molar-refractivity contribution in [1.29, 1.82) is 0 Å². The highest BCUT2D eigenvalue weighted by Gasteiger charge is 2.40. The van der Waals surface area contributed by atoms with Gasteiger partial charge in [0.15, 0.2) is 5.96 Å². The fourth-order valence-electron chi connectivity index (χ4n) is 3.32. The van der Waals surface area contributed by atoms with Crippen molar-refractivity contribution in [2.75, 3.05) is 38.2 Å². The number of hydrogen-bond acceptors (Lipinski definition) is 3. The van der Waals surface area contributed by atoms with Crippen molar-refractivity contribution in [3.8, 4) is 5.75 Å². The van der Waals surface area contributed by atoms with Crippen LogP contribution in [0.4, 0.5) is 0 Å². The lowest BCUT2D eigenvalue weighted by atomic mass is 9.64. The zero-order valence-corrected chi connectivity index (χ0v) is 14.1. The molecule has 120 valence electrons. The van der Waals surface area contributed by atoms with Crippen LogP contribution in [-0.4, -0.2) is 49.1 Å². The molecule has 1 saturated carbocycles. The van der Waals surface area contributed by atoms with Crippen molar-refractivity contribution < 1.29 is 4.74 Å². The van der Waals surface area contributed by atoms with Crippen LogP contribution < -0.4 is 10.5 Å². The number of methoxy groups -OCH3 is 1. The summed E-state index contributed by atoms with van der Waals surface area (Å²) in [6.07, 6.45) is 3.59. The molecule has 1 aliphatic carbocycles. The van der Waals surface area contributed by atoms with Gasteiger partial charge in [0.2, 0.25) is 0 Å². The zero-order chi connectivity index (χ0) is 15.4. The van der Waals surface area contributed by atoms with Gasteiger partial charge in [-0.15, -0.1) is 0 Å². The molecule has 1 saturated heterocycles. The lowest BCUT2D eigenvalue weighted by molar-refractivity contribution is 0.243. The normalized spacial score (nSPS) is 21.3. The molecule has 0 atom stereocenters. The van der Waals surface area contributed by atoms with E-state index in [1.807, 2.05) is 23.9 Å². The molecular formula is C17H25N3OS. The number of rotatable bonds is 4. The van der Waals surface area contributed by atoms with E-state index in [-0.39, 0.29) is 5.41 Å². The van der Waals surface area contributed by atoms with Crippen molar-refractivity contribution in [3.05, 3.63) is 29.8 Å². The molecule has 3 rings (SSSR count). The van der Waals surface area contributed by atoms with E-state index in [0.717, 1.165) is 36.9 Å². The summed E-state index contributed by atoms with van der Waals surface area (Å²) < 4.78 is 5.56. The number of para-hydroxylation sites is 1. The molecule has 22 heavy (non-hydrogen) atoms. The summed E-state index contributed by atoms with van der Waals surface area (Å²) in [5, 5.41) is 0. The molecule has 1 heterocycles. The summed E-state index contributed by atoms with van der Waals surface area (Å²) in [5.74, 6) is 3.98. The number of aliphatic imine (C=N–C) groups is 1. The van der Waals surface area contributed by atoms with Crippen LogP contribution in [-0.2, 0) is 5.41 Å². The molecule has 0 spiro atoms. The number of guanidine groups is 1. The number of benzene rings is 1. The fourth-order valence-corrected chi connectivity index (χ4v) is 4.23. The maximum Gasteiger partial charge on any atom is 0.191 e. The Morgan fingerprint density at radius 3 is 2.68 bits per heavy atom. The first kappa shape index (κ1) is 15.5. The van der Waals surface area contributed by atoms with Crippen molar-refractivity contribution in [2.24, 2.45) is 10.7 Å². The van der Waals surface area contributed by atoms with Crippen molar-refractivity contribution >= 4 is 17.7 Å². The molecular weight excluding hydrogens is 294 g/mol. The first-order chi connectivity index (χ1) is 10.7. The Morgan fingerprint density at radius 2 is 2.05 bits per heavy atom. The van der Waals surface area contributed by atoms with Crippen LogP contribution in [0.2, 0.25) is 0 Å². The Labute approximate surface area is 137 Å². The Hall–Kier alpha value is -1.36. The second-order valence-corrected chi connectivity index (χ2v) is 7.33. The first-order valence-electron chi connectivity index (χ1n) is 8.01. The summed E-state index contributed by atoms with van der Waals surface area (Å²) >= 11 is 1.99. The number of ether oxygens (including phenoxy) is 1. The van der Waals surface area contributed by atoms with Crippen molar-refractivity contribution in [1.82, 2.24) is 4.90 Å². The quantitative estimate of drug-likeness (QED) is 0.684. The van der Waals surface area contributed by atoms with Crippen LogP contribution in [0.5, 0.6) is 5.75 Å². The van der Waals surface area contributed by atoms with Gasteiger partial charge in [-0.1, -0.05) is 24.6 Å². The molecule has 1 aromatic rings. The molecule has 2 fully saturated rings. The minimum atomic E-state index is 0.113. The molecule has 4 nitrogen and oxygen atoms in total. The Kier molecular flexibility index (Phi) is 4.81. The number of hydrogen-bond donors (Lipinski definition) is 1. The van der Waals surface area contributed by atoms with E-state index < -0.39 is 0 Å². The Bertz CT molecular complexity index is 536. The maximum atomic E-state index is 6.22. The van der Waals surface area contributed by atoms with Crippen LogP contribution in [0.25, 0.3) is 0 Å². The Morgan fingerprint density at radius 1 is 1.32 bits per heavy atom. The standard InChI is InChI=1S/C17H25N3OS/c1-21-15-6-3-2-5-14(15)17(7-4-8-17)13-19-16(18)20-9-11-22-12-10-20/h2-3,5-6H,4,7-13H2,1H3,(H2,18,19). The highest BCUT2D eigenvalue weighted by atomic mass is 32.2. The van der Waals surface area contributed by atoms with Gasteiger partial charge in [0.05, 0.1) is 13.7 Å². The molecule has 0 radical (unpaired) electrons. The summed E-state index contributed by atoms with van der Waals surface area (Å²) in [5.41, 5.74) is 7.62. The second-order valence-electron chi connectivity index (χ2n) is 6.11. The van der Waals surface area contributed by atoms with E-state index in [0.29, 0.717) is 5.96 Å². The predicted molar refractivity (Wildman–Crippen MR) is 93.9 cm³/mol. The van der Waals surface area contributed by atoms with E-state index in [2.05, 4.69) is 17.0 Å². The summed E-state index contributed by atoms with van der Waals surface area (Å²) in [6.45, 7) is 2.80. The molecule has 2 aliphatic rings. The molecule has 0 bridgehead atoms. The number of thioether (sulfide) groups is 1. The van der Waals surface area contributed by atoms with Gasteiger partial charge < -0.3 is 15.4 Å². The van der Waals surface area contributed by atoms with Gasteiger partial charge in [0, 0.05) is 35.6 Å². The molecule has 0 amide bonds. The lowest BCUT2D eigenvalue weighted by Crippen LogP contribution is -2.44. The molecule has 1 aromatic carbocycles. The zero-order valence-electron chi connectivity index (χ0n) is 13.3. The molecule has 2 N–H and O–H groups in total. The molecule has 5 heteroatoms. The van der Waals surface area contributed by atoms with E-state index in [4.69, 9.17) is 15.5 Å². The van der Waals surface area contributed by atoms with Crippen LogP contribution in [0, 0.1) is 0 Å². The summed E-state index contributed by atoms with van der Waals surface area (Å²) in [4.78, 5) is 6.96. The monoisotopic (exact) mass is 319 g/mol. The van der Waals surface area contributed by atoms with Gasteiger partial charge in [-0.25, -0.2) is 0 Å². The predicted octanol–water partition coefficient (Wildman–Crippen LogP) is 2.48. The fraction of sp³-hybridized carbons (Fsp3) is 0.588. The minimum absolute atomic E-state index is 0.113. The minimum Gasteiger partial charge on any atom is -0.496 e. The van der Waals surface area contributed by atoms with Crippen LogP contribution >= 0.6 is 11.8 Å². The average molecular weight is 319 g/mol. The van der Waals surface area contributed by atoms with E-state index >= 15 is 0 Å². The number of nitrogens with zero attached hydrogens (tertiary/aromatic N) is 2. The highest BCUT2D eigenvalue weighted by Crippen LogP contribution is 2.47. The van der Waals surface area contributed by atoms with Crippen molar-refractivity contribution in [3.63, 3.8) is 0 Å². The van der Waals surface area contributed by atoms with E-state index in [1.165, 1.54) is 24.8 Å². The van der Waals surface area contributed by atoms with Crippen molar-refractivity contribution in [2.45, 2.75) is 24.7 Å². The number of nitrogens with two attached hydrogens (primary N) is 1. The topological polar surface area (TPSA) is 50.9 Å². The van der Waals surface area contributed by atoms with E-state index in [1.54, 1.807) is 7.11 Å². The first-order valence-corrected chi connectivity index (χ1v) is 9.17. The van der Waals surface area contributed by atoms with Crippen LogP contribution in [0.3, 0.4) is 0 Å². The largest absolute Gasteiger partial charge is 0.496 e. The average Bonchev–Trinajstić information content (AvgIpc) is 2.55. The summed E-state index contributed by atoms with van der Waals surface area (Å²) in [6, 6.07) is 8.34. The van der Waals surface area contributed by atoms with Gasteiger partial charge >= 0.3 is 0 Å². The molecule has 0 unspecified atom stereocenters. The van der Waals surface area contributed by atoms with Gasteiger partial charge in [-0.05, 0) is 18.9 Å². The smallest absolute Gasteiger partial charge is 0.191 e. The van der Waals surface area contributed by atoms with Gasteiger partial charge in [-0.3, -0.25) is 4.99 Å².